The van der Waals surface area contributed by atoms with E-state index >= 15 is 0 Å². The number of amides is 3. The number of rotatable bonds is 6. The lowest BCUT2D eigenvalue weighted by Gasteiger charge is -2.54. The second-order valence-electron chi connectivity index (χ2n) is 7.95. The Bertz CT molecular complexity index is 839. The molecule has 0 saturated carbocycles. The number of primary amides is 1. The van der Waals surface area contributed by atoms with Gasteiger partial charge < -0.3 is 20.7 Å². The molecular weight excluding hydrogens is 360 g/mol. The van der Waals surface area contributed by atoms with Crippen molar-refractivity contribution in [2.24, 2.45) is 11.1 Å². The second-order valence-corrected chi connectivity index (χ2v) is 7.95. The van der Waals surface area contributed by atoms with Crippen LogP contribution in [0, 0.1) is 5.41 Å². The largest absolute Gasteiger partial charge is 0.370 e. The van der Waals surface area contributed by atoms with Gasteiger partial charge >= 0.3 is 0 Å². The summed E-state index contributed by atoms with van der Waals surface area (Å²) in [6.07, 6.45) is 2.95. The molecule has 0 aliphatic carbocycles. The summed E-state index contributed by atoms with van der Waals surface area (Å²) in [6, 6.07) is 4.11. The zero-order valence-electron chi connectivity index (χ0n) is 15.6. The fourth-order valence-corrected chi connectivity index (χ4v) is 4.66. The van der Waals surface area contributed by atoms with Crippen LogP contribution in [0.2, 0.25) is 0 Å². The maximum Gasteiger partial charge on any atom is 0.264 e. The highest BCUT2D eigenvalue weighted by atomic mass is 16.2. The molecule has 3 heterocycles. The van der Waals surface area contributed by atoms with Crippen molar-refractivity contribution < 1.29 is 19.2 Å². The van der Waals surface area contributed by atoms with E-state index in [1.54, 1.807) is 12.1 Å². The minimum Gasteiger partial charge on any atom is -0.370 e. The standard InChI is InChI=1S/C20H24N4O4/c21-17(26)15(5-2-10-25)24-18(27)13-3-1-4-14(16(13)19(24)28)23-11-20(12-23)6-8-22-9-7-20/h1,3-4,10,15,22H,2,5-9,11-12H2,(H2,21,26). The van der Waals surface area contributed by atoms with Gasteiger partial charge in [-0.3, -0.25) is 19.3 Å². The summed E-state index contributed by atoms with van der Waals surface area (Å²) in [4.78, 5) is 51.7. The van der Waals surface area contributed by atoms with E-state index in [1.165, 1.54) is 0 Å². The Morgan fingerprint density at radius 2 is 1.93 bits per heavy atom. The number of benzene rings is 1. The number of imide groups is 1. The second kappa shape index (κ2) is 7.01. The average molecular weight is 384 g/mol. The molecule has 0 radical (unpaired) electrons. The molecule has 3 amide bonds. The summed E-state index contributed by atoms with van der Waals surface area (Å²) in [7, 11) is 0. The van der Waals surface area contributed by atoms with E-state index in [9.17, 15) is 19.2 Å². The van der Waals surface area contributed by atoms with Gasteiger partial charge in [-0.05, 0) is 44.5 Å². The third-order valence-electron chi connectivity index (χ3n) is 6.18. The summed E-state index contributed by atoms with van der Waals surface area (Å²) in [5.41, 5.74) is 7.08. The summed E-state index contributed by atoms with van der Waals surface area (Å²) in [5, 5.41) is 3.37. The SMILES string of the molecule is NC(=O)C(CCC=O)N1C(=O)c2cccc(N3CC4(CCNCC4)C3)c2C1=O. The minimum atomic E-state index is -1.11. The van der Waals surface area contributed by atoms with Crippen LogP contribution >= 0.6 is 0 Å². The summed E-state index contributed by atoms with van der Waals surface area (Å²) >= 11 is 0. The normalized spacial score (nSPS) is 21.4. The van der Waals surface area contributed by atoms with Crippen LogP contribution in [0.4, 0.5) is 5.69 Å². The number of nitrogens with two attached hydrogens (primary N) is 1. The van der Waals surface area contributed by atoms with Gasteiger partial charge in [0.25, 0.3) is 11.8 Å². The third kappa shape index (κ3) is 2.88. The van der Waals surface area contributed by atoms with Crippen molar-refractivity contribution in [3.05, 3.63) is 29.3 Å². The number of hydrogen-bond acceptors (Lipinski definition) is 6. The zero-order chi connectivity index (χ0) is 19.9. The van der Waals surface area contributed by atoms with Gasteiger partial charge in [-0.1, -0.05) is 6.07 Å². The van der Waals surface area contributed by atoms with Gasteiger partial charge in [0.05, 0.1) is 16.8 Å². The first-order chi connectivity index (χ1) is 13.5. The van der Waals surface area contributed by atoms with Crippen molar-refractivity contribution in [2.75, 3.05) is 31.1 Å². The van der Waals surface area contributed by atoms with E-state index in [4.69, 9.17) is 5.73 Å². The first-order valence-electron chi connectivity index (χ1n) is 9.67. The molecule has 1 spiro atoms. The summed E-state index contributed by atoms with van der Waals surface area (Å²) in [5.74, 6) is -1.80. The number of anilines is 1. The van der Waals surface area contributed by atoms with Gasteiger partial charge in [0, 0.05) is 24.9 Å². The number of nitrogens with zero attached hydrogens (tertiary/aromatic N) is 2. The maximum absolute atomic E-state index is 13.1. The highest BCUT2D eigenvalue weighted by Gasteiger charge is 2.48. The molecule has 1 aromatic carbocycles. The van der Waals surface area contributed by atoms with E-state index in [-0.39, 0.29) is 18.3 Å². The fraction of sp³-hybridized carbons (Fsp3) is 0.500. The highest BCUT2D eigenvalue weighted by Crippen LogP contribution is 2.44. The Morgan fingerprint density at radius 3 is 2.57 bits per heavy atom. The Labute approximate surface area is 163 Å². The molecule has 28 heavy (non-hydrogen) atoms. The highest BCUT2D eigenvalue weighted by molar-refractivity contribution is 6.25. The Hall–Kier alpha value is -2.74. The molecule has 3 aliphatic rings. The van der Waals surface area contributed by atoms with Gasteiger partial charge in [-0.25, -0.2) is 0 Å². The molecule has 3 aliphatic heterocycles. The third-order valence-corrected chi connectivity index (χ3v) is 6.18. The number of aldehydes is 1. The molecule has 1 atom stereocenters. The number of carbonyl (C=O) groups excluding carboxylic acids is 4. The molecule has 1 unspecified atom stereocenters. The van der Waals surface area contributed by atoms with Crippen LogP contribution in [0.15, 0.2) is 18.2 Å². The van der Waals surface area contributed by atoms with Gasteiger partial charge in [0.15, 0.2) is 0 Å². The zero-order valence-corrected chi connectivity index (χ0v) is 15.6. The van der Waals surface area contributed by atoms with E-state index in [1.807, 2.05) is 6.07 Å². The summed E-state index contributed by atoms with van der Waals surface area (Å²) < 4.78 is 0. The van der Waals surface area contributed by atoms with Crippen molar-refractivity contribution >= 4 is 29.7 Å². The summed E-state index contributed by atoms with van der Waals surface area (Å²) in [6.45, 7) is 3.72. The molecule has 4 rings (SSSR count). The van der Waals surface area contributed by atoms with Gasteiger partial charge in [-0.15, -0.1) is 0 Å². The van der Waals surface area contributed by atoms with Crippen molar-refractivity contribution in [1.29, 1.82) is 0 Å². The molecule has 1 aromatic rings. The van der Waals surface area contributed by atoms with E-state index in [2.05, 4.69) is 10.2 Å². The van der Waals surface area contributed by atoms with Gasteiger partial charge in [0.2, 0.25) is 5.91 Å². The van der Waals surface area contributed by atoms with Crippen LogP contribution in [0.5, 0.6) is 0 Å². The maximum atomic E-state index is 13.1. The monoisotopic (exact) mass is 384 g/mol. The van der Waals surface area contributed by atoms with Crippen LogP contribution in [0.3, 0.4) is 0 Å². The van der Waals surface area contributed by atoms with Crippen molar-refractivity contribution in [3.63, 3.8) is 0 Å². The van der Waals surface area contributed by atoms with E-state index < -0.39 is 23.8 Å². The Morgan fingerprint density at radius 1 is 1.21 bits per heavy atom. The first kappa shape index (κ1) is 18.6. The molecule has 148 valence electrons. The quantitative estimate of drug-likeness (QED) is 0.539. The number of piperidine rings is 1. The van der Waals surface area contributed by atoms with Crippen molar-refractivity contribution in [3.8, 4) is 0 Å². The molecule has 2 saturated heterocycles. The van der Waals surface area contributed by atoms with Crippen LogP contribution in [-0.4, -0.2) is 61.1 Å². The molecular formula is C20H24N4O4. The lowest BCUT2D eigenvalue weighted by molar-refractivity contribution is -0.122. The Kier molecular flexibility index (Phi) is 4.66. The molecule has 0 aromatic heterocycles. The molecule has 3 N–H and O–H groups in total. The number of nitrogens with one attached hydrogen (secondary N) is 1. The van der Waals surface area contributed by atoms with Crippen LogP contribution in [0.1, 0.15) is 46.4 Å². The molecule has 0 bridgehead atoms. The Balaban J connectivity index is 1.61. The van der Waals surface area contributed by atoms with Gasteiger partial charge in [0.1, 0.15) is 12.3 Å². The fourth-order valence-electron chi connectivity index (χ4n) is 4.66. The molecule has 8 nitrogen and oxygen atoms in total. The number of carbonyl (C=O) groups is 4. The van der Waals surface area contributed by atoms with Crippen LogP contribution < -0.4 is 16.0 Å². The molecule has 8 heteroatoms. The predicted octanol–water partition coefficient (Wildman–Crippen LogP) is 0.305. The molecule has 2 fully saturated rings. The lowest BCUT2D eigenvalue weighted by Crippen LogP contribution is -2.60. The van der Waals surface area contributed by atoms with Crippen LogP contribution in [-0.2, 0) is 9.59 Å². The van der Waals surface area contributed by atoms with Crippen LogP contribution in [0.25, 0.3) is 0 Å². The topological polar surface area (TPSA) is 113 Å². The van der Waals surface area contributed by atoms with E-state index in [0.29, 0.717) is 17.4 Å². The number of hydrogen-bond donors (Lipinski definition) is 2. The minimum absolute atomic E-state index is 0.0411. The van der Waals surface area contributed by atoms with Crippen molar-refractivity contribution in [2.45, 2.75) is 31.7 Å². The van der Waals surface area contributed by atoms with Crippen molar-refractivity contribution in [1.82, 2.24) is 10.2 Å². The smallest absolute Gasteiger partial charge is 0.264 e. The van der Waals surface area contributed by atoms with E-state index in [0.717, 1.165) is 49.6 Å². The predicted molar refractivity (Wildman–Crippen MR) is 102 cm³/mol. The number of fused-ring (bicyclic) bond motifs is 1. The average Bonchev–Trinajstić information content (AvgIpc) is 2.92. The lowest BCUT2D eigenvalue weighted by atomic mass is 9.72. The first-order valence-corrected chi connectivity index (χ1v) is 9.67. The van der Waals surface area contributed by atoms with Gasteiger partial charge in [-0.2, -0.15) is 0 Å².